The first-order valence-corrected chi connectivity index (χ1v) is 9.52. The smallest absolute Gasteiger partial charge is 0.00153 e. The summed E-state index contributed by atoms with van der Waals surface area (Å²) in [6.07, 6.45) is 1.03. The van der Waals surface area contributed by atoms with E-state index in [-0.39, 0.29) is 10.8 Å². The van der Waals surface area contributed by atoms with Gasteiger partial charge in [0.15, 0.2) is 0 Å². The highest BCUT2D eigenvalue weighted by molar-refractivity contribution is 5.47. The van der Waals surface area contributed by atoms with Crippen LogP contribution in [0.4, 0.5) is 0 Å². The van der Waals surface area contributed by atoms with Gasteiger partial charge >= 0.3 is 0 Å². The van der Waals surface area contributed by atoms with Gasteiger partial charge in [0.2, 0.25) is 0 Å². The van der Waals surface area contributed by atoms with Crippen LogP contribution in [0.2, 0.25) is 0 Å². The van der Waals surface area contributed by atoms with Crippen molar-refractivity contribution in [2.24, 2.45) is 0 Å². The highest BCUT2D eigenvalue weighted by atomic mass is 14.2. The maximum absolute atomic E-state index is 2.39. The van der Waals surface area contributed by atoms with Gasteiger partial charge in [-0.2, -0.15) is 0 Å². The summed E-state index contributed by atoms with van der Waals surface area (Å²) in [4.78, 5) is 0. The molecule has 0 aliphatic carbocycles. The molecule has 0 atom stereocenters. The van der Waals surface area contributed by atoms with Crippen molar-refractivity contribution >= 4 is 0 Å². The van der Waals surface area contributed by atoms with Crippen LogP contribution in [0.1, 0.15) is 86.1 Å². The van der Waals surface area contributed by atoms with Gasteiger partial charge in [0.1, 0.15) is 0 Å². The van der Waals surface area contributed by atoms with Gasteiger partial charge in [-0.25, -0.2) is 0 Å². The minimum Gasteiger partial charge on any atom is -0.0561 e. The molecule has 2 rings (SSSR count). The highest BCUT2D eigenvalue weighted by Gasteiger charge is 2.19. The number of hydrogen-bond acceptors (Lipinski definition) is 0. The molecule has 0 heteroatoms. The summed E-state index contributed by atoms with van der Waals surface area (Å²) in [5.41, 5.74) is 11.9. The van der Waals surface area contributed by atoms with E-state index in [1.807, 2.05) is 0 Å². The van der Waals surface area contributed by atoms with Crippen molar-refractivity contribution in [3.05, 3.63) is 68.8 Å². The molecule has 25 heavy (non-hydrogen) atoms. The van der Waals surface area contributed by atoms with E-state index in [0.717, 1.165) is 6.42 Å². The van der Waals surface area contributed by atoms with E-state index in [1.54, 1.807) is 0 Å². The van der Waals surface area contributed by atoms with E-state index in [9.17, 15) is 0 Å². The average molecular weight is 337 g/mol. The molecule has 0 aliphatic heterocycles. The molecule has 0 radical (unpaired) electrons. The van der Waals surface area contributed by atoms with Gasteiger partial charge in [-0.15, -0.1) is 0 Å². The zero-order valence-electron chi connectivity index (χ0n) is 18.0. The largest absolute Gasteiger partial charge is 0.0561 e. The van der Waals surface area contributed by atoms with Gasteiger partial charge in [0.05, 0.1) is 0 Å². The lowest BCUT2D eigenvalue weighted by molar-refractivity contribution is 0.588. The minimum absolute atomic E-state index is 0.203. The molecule has 0 aromatic heterocycles. The molecule has 0 bridgehead atoms. The lowest BCUT2D eigenvalue weighted by Crippen LogP contribution is -2.14. The van der Waals surface area contributed by atoms with Crippen LogP contribution in [0.5, 0.6) is 0 Å². The van der Waals surface area contributed by atoms with Gasteiger partial charge in [-0.05, 0) is 89.5 Å². The molecule has 0 saturated carbocycles. The Morgan fingerprint density at radius 2 is 0.760 bits per heavy atom. The maximum atomic E-state index is 2.39. The summed E-state index contributed by atoms with van der Waals surface area (Å²) in [7, 11) is 0. The molecular formula is C25H36. The Balaban J connectivity index is 2.48. The van der Waals surface area contributed by atoms with E-state index in [4.69, 9.17) is 0 Å². The Labute approximate surface area is 155 Å². The molecule has 0 spiro atoms. The van der Waals surface area contributed by atoms with E-state index in [2.05, 4.69) is 93.5 Å². The van der Waals surface area contributed by atoms with E-state index >= 15 is 0 Å². The summed E-state index contributed by atoms with van der Waals surface area (Å²) in [5.74, 6) is 0. The van der Waals surface area contributed by atoms with Crippen LogP contribution >= 0.6 is 0 Å². The minimum atomic E-state index is 0.203. The molecule has 0 fully saturated rings. The molecule has 0 unspecified atom stereocenters. The van der Waals surface area contributed by atoms with Crippen molar-refractivity contribution in [1.29, 1.82) is 0 Å². The SMILES string of the molecule is Cc1cc(C(C)(C)C)cc(C)c1Cc1c(C)cc(C(C)(C)C)cc1C. The van der Waals surface area contributed by atoms with E-state index in [1.165, 1.54) is 44.5 Å². The summed E-state index contributed by atoms with van der Waals surface area (Å²) in [5, 5.41) is 0. The zero-order chi connectivity index (χ0) is 19.2. The molecule has 0 heterocycles. The van der Waals surface area contributed by atoms with Gasteiger partial charge in [0.25, 0.3) is 0 Å². The van der Waals surface area contributed by atoms with Gasteiger partial charge < -0.3 is 0 Å². The standard InChI is InChI=1S/C25H36/c1-16-11-20(24(5,6)7)12-17(2)22(16)15-23-18(3)13-21(14-19(23)4)25(8,9)10/h11-14H,15H2,1-10H3. The second kappa shape index (κ2) is 6.63. The Bertz CT molecular complexity index is 663. The lowest BCUT2D eigenvalue weighted by Gasteiger charge is -2.24. The Morgan fingerprint density at radius 1 is 0.520 bits per heavy atom. The molecule has 2 aromatic rings. The summed E-state index contributed by atoms with van der Waals surface area (Å²) >= 11 is 0. The molecule has 0 nitrogen and oxygen atoms in total. The predicted octanol–water partition coefficient (Wildman–Crippen LogP) is 7.11. The third-order valence-corrected chi connectivity index (χ3v) is 5.48. The van der Waals surface area contributed by atoms with Crippen molar-refractivity contribution in [3.63, 3.8) is 0 Å². The van der Waals surface area contributed by atoms with Crippen LogP contribution in [0.15, 0.2) is 24.3 Å². The lowest BCUT2D eigenvalue weighted by atomic mass is 9.80. The molecule has 0 saturated heterocycles. The van der Waals surface area contributed by atoms with Crippen molar-refractivity contribution < 1.29 is 0 Å². The number of benzene rings is 2. The molecule has 2 aromatic carbocycles. The van der Waals surface area contributed by atoms with Crippen LogP contribution in [0.25, 0.3) is 0 Å². The molecule has 0 aliphatic rings. The Morgan fingerprint density at radius 3 is 0.960 bits per heavy atom. The zero-order valence-corrected chi connectivity index (χ0v) is 18.0. The van der Waals surface area contributed by atoms with Gasteiger partial charge in [-0.3, -0.25) is 0 Å². The second-order valence-corrected chi connectivity index (χ2v) is 9.85. The Kier molecular flexibility index (Phi) is 5.24. The first-order chi connectivity index (χ1) is 11.3. The number of rotatable bonds is 2. The van der Waals surface area contributed by atoms with Crippen molar-refractivity contribution in [1.82, 2.24) is 0 Å². The molecule has 136 valence electrons. The summed E-state index contributed by atoms with van der Waals surface area (Å²) in [6.45, 7) is 22.8. The fraction of sp³-hybridized carbons (Fsp3) is 0.520. The average Bonchev–Trinajstić information content (AvgIpc) is 2.42. The van der Waals surface area contributed by atoms with Gasteiger partial charge in [-0.1, -0.05) is 65.8 Å². The number of hydrogen-bond donors (Lipinski definition) is 0. The van der Waals surface area contributed by atoms with Crippen LogP contribution in [-0.4, -0.2) is 0 Å². The molecular weight excluding hydrogens is 300 g/mol. The van der Waals surface area contributed by atoms with Crippen molar-refractivity contribution in [2.75, 3.05) is 0 Å². The third-order valence-electron chi connectivity index (χ3n) is 5.48. The van der Waals surface area contributed by atoms with E-state index < -0.39 is 0 Å². The summed E-state index contributed by atoms with van der Waals surface area (Å²) < 4.78 is 0. The van der Waals surface area contributed by atoms with Crippen molar-refractivity contribution in [2.45, 2.75) is 86.5 Å². The maximum Gasteiger partial charge on any atom is -0.00153 e. The third kappa shape index (κ3) is 4.35. The van der Waals surface area contributed by atoms with Crippen LogP contribution < -0.4 is 0 Å². The summed E-state index contributed by atoms with van der Waals surface area (Å²) in [6, 6.07) is 9.54. The predicted molar refractivity (Wildman–Crippen MR) is 112 cm³/mol. The monoisotopic (exact) mass is 336 g/mol. The quantitative estimate of drug-likeness (QED) is 0.548. The highest BCUT2D eigenvalue weighted by Crippen LogP contribution is 2.31. The fourth-order valence-electron chi connectivity index (χ4n) is 3.59. The fourth-order valence-corrected chi connectivity index (χ4v) is 3.59. The first-order valence-electron chi connectivity index (χ1n) is 9.52. The van der Waals surface area contributed by atoms with Crippen LogP contribution in [-0.2, 0) is 17.3 Å². The topological polar surface area (TPSA) is 0 Å². The molecule has 0 amide bonds. The van der Waals surface area contributed by atoms with Crippen molar-refractivity contribution in [3.8, 4) is 0 Å². The van der Waals surface area contributed by atoms with Crippen LogP contribution in [0.3, 0.4) is 0 Å². The normalized spacial score (nSPS) is 12.6. The van der Waals surface area contributed by atoms with Gasteiger partial charge in [0, 0.05) is 0 Å². The van der Waals surface area contributed by atoms with E-state index in [0.29, 0.717) is 0 Å². The van der Waals surface area contributed by atoms with Crippen LogP contribution in [0, 0.1) is 27.7 Å². The first kappa shape index (κ1) is 19.8. The Hall–Kier alpha value is -1.56. The second-order valence-electron chi connectivity index (χ2n) is 9.85. The number of aryl methyl sites for hydroxylation is 4. The molecule has 0 N–H and O–H groups in total.